The molecule has 9 nitrogen and oxygen atoms in total. The van der Waals surface area contributed by atoms with Crippen LogP contribution in [0.4, 0.5) is 15.8 Å². The molecular weight excluding hydrogens is 551 g/mol. The van der Waals surface area contributed by atoms with Gasteiger partial charge in [-0.25, -0.2) is 14.2 Å². The molecule has 0 saturated carbocycles. The van der Waals surface area contributed by atoms with Crippen LogP contribution in [0.1, 0.15) is 35.3 Å². The van der Waals surface area contributed by atoms with Gasteiger partial charge in [-0.15, -0.1) is 0 Å². The van der Waals surface area contributed by atoms with Crippen LogP contribution in [0, 0.1) is 5.82 Å². The quantitative estimate of drug-likeness (QED) is 0.339. The van der Waals surface area contributed by atoms with Gasteiger partial charge in [0.25, 0.3) is 0 Å². The van der Waals surface area contributed by atoms with Crippen LogP contribution < -0.4 is 19.7 Å². The standard InChI is InChI=1S/C30H30ClFN4O5/c31-20-5-7-27(24(32)15-20)40-18-21-2-1-3-29(33-21)41-22-8-11-35(12-9-22)17-28-34-25-6-4-19(30(37)38)14-26(25)36(28)16-23-10-13-39-23/h1-7,14-15,17,22-23,34H,8-13,16,18H2,(H,37,38)/t23-/m0/s1. The predicted octanol–water partition coefficient (Wildman–Crippen LogP) is 5.51. The van der Waals surface area contributed by atoms with Crippen molar-refractivity contribution in [2.24, 2.45) is 0 Å². The number of pyridine rings is 1. The smallest absolute Gasteiger partial charge is 0.335 e. The van der Waals surface area contributed by atoms with Crippen LogP contribution in [0.15, 0.2) is 66.6 Å². The zero-order valence-corrected chi connectivity index (χ0v) is 23.0. The number of halogens is 2. The molecule has 41 heavy (non-hydrogen) atoms. The van der Waals surface area contributed by atoms with Gasteiger partial charge in [-0.05, 0) is 48.9 Å². The van der Waals surface area contributed by atoms with Gasteiger partial charge in [0.15, 0.2) is 11.6 Å². The number of carboxylic acids is 1. The molecule has 2 saturated heterocycles. The molecule has 0 unspecified atom stereocenters. The Morgan fingerprint density at radius 3 is 2.73 bits per heavy atom. The summed E-state index contributed by atoms with van der Waals surface area (Å²) in [6.45, 7) is 3.10. The molecule has 2 N–H and O–H groups in total. The van der Waals surface area contributed by atoms with Gasteiger partial charge in [-0.2, -0.15) is 0 Å². The first-order valence-electron chi connectivity index (χ1n) is 13.6. The SMILES string of the molecule is O=C(O)c1ccc2c(c1)N(C[C@@H]1CCO1)C(=CN1CCC(Oc3cccc(COc4ccc(Cl)cc4F)n3)CC1)N2. The Balaban J connectivity index is 1.06. The predicted molar refractivity (Wildman–Crippen MR) is 152 cm³/mol. The number of hydrogen-bond donors (Lipinski definition) is 2. The Kier molecular flexibility index (Phi) is 7.84. The fourth-order valence-corrected chi connectivity index (χ4v) is 5.23. The van der Waals surface area contributed by atoms with E-state index in [1.54, 1.807) is 18.2 Å². The highest BCUT2D eigenvalue weighted by atomic mass is 35.5. The number of ether oxygens (including phenoxy) is 3. The van der Waals surface area contributed by atoms with Crippen molar-refractivity contribution in [1.82, 2.24) is 9.88 Å². The van der Waals surface area contributed by atoms with Gasteiger partial charge < -0.3 is 34.4 Å². The van der Waals surface area contributed by atoms with E-state index in [4.69, 9.17) is 25.8 Å². The molecule has 2 aromatic carbocycles. The number of piperidine rings is 1. The van der Waals surface area contributed by atoms with E-state index in [0.29, 0.717) is 23.1 Å². The first kappa shape index (κ1) is 27.2. The second kappa shape index (κ2) is 11.8. The Morgan fingerprint density at radius 2 is 2.00 bits per heavy atom. The van der Waals surface area contributed by atoms with Crippen molar-refractivity contribution in [3.63, 3.8) is 0 Å². The highest BCUT2D eigenvalue weighted by molar-refractivity contribution is 6.30. The number of nitrogens with zero attached hydrogens (tertiary/aromatic N) is 3. The molecule has 3 aliphatic rings. The number of benzene rings is 2. The van der Waals surface area contributed by atoms with Crippen molar-refractivity contribution in [2.75, 3.05) is 36.5 Å². The molecule has 2 fully saturated rings. The molecule has 3 aliphatic heterocycles. The second-order valence-electron chi connectivity index (χ2n) is 10.3. The molecule has 3 aromatic rings. The van der Waals surface area contributed by atoms with Crippen LogP contribution in [-0.2, 0) is 11.3 Å². The van der Waals surface area contributed by atoms with E-state index in [-0.39, 0.29) is 30.1 Å². The zero-order valence-electron chi connectivity index (χ0n) is 22.3. The van der Waals surface area contributed by atoms with E-state index < -0.39 is 11.8 Å². The Labute approximate surface area is 242 Å². The van der Waals surface area contributed by atoms with Crippen LogP contribution in [0.5, 0.6) is 11.6 Å². The Bertz CT molecular complexity index is 1460. The largest absolute Gasteiger partial charge is 0.484 e. The fraction of sp³-hybridized carbons (Fsp3) is 0.333. The Morgan fingerprint density at radius 1 is 1.17 bits per heavy atom. The topological polar surface area (TPSA) is 96.4 Å². The van der Waals surface area contributed by atoms with E-state index >= 15 is 0 Å². The van der Waals surface area contributed by atoms with Gasteiger partial charge in [-0.3, -0.25) is 0 Å². The molecule has 4 heterocycles. The number of likely N-dealkylation sites (tertiary alicyclic amines) is 1. The molecule has 0 radical (unpaired) electrons. The van der Waals surface area contributed by atoms with Crippen LogP contribution in [0.25, 0.3) is 0 Å². The number of anilines is 2. The lowest BCUT2D eigenvalue weighted by Gasteiger charge is -2.34. The molecule has 0 aliphatic carbocycles. The number of fused-ring (bicyclic) bond motifs is 1. The maximum Gasteiger partial charge on any atom is 0.335 e. The summed E-state index contributed by atoms with van der Waals surface area (Å²) >= 11 is 5.81. The summed E-state index contributed by atoms with van der Waals surface area (Å²) in [6.07, 6.45) is 4.83. The summed E-state index contributed by atoms with van der Waals surface area (Å²) in [5.41, 5.74) is 2.62. The van der Waals surface area contributed by atoms with Gasteiger partial charge >= 0.3 is 5.97 Å². The van der Waals surface area contributed by atoms with Crippen LogP contribution in [0.3, 0.4) is 0 Å². The number of carbonyl (C=O) groups is 1. The third-order valence-electron chi connectivity index (χ3n) is 7.39. The highest BCUT2D eigenvalue weighted by Gasteiger charge is 2.31. The molecule has 11 heteroatoms. The van der Waals surface area contributed by atoms with Crippen molar-refractivity contribution in [1.29, 1.82) is 0 Å². The minimum absolute atomic E-state index is 0.00775. The van der Waals surface area contributed by atoms with E-state index in [1.807, 2.05) is 24.3 Å². The molecule has 6 rings (SSSR count). The summed E-state index contributed by atoms with van der Waals surface area (Å²) in [4.78, 5) is 20.5. The van der Waals surface area contributed by atoms with Gasteiger partial charge in [0.2, 0.25) is 5.88 Å². The number of hydrogen-bond acceptors (Lipinski definition) is 8. The third kappa shape index (κ3) is 6.34. The third-order valence-corrected chi connectivity index (χ3v) is 7.62. The van der Waals surface area contributed by atoms with Crippen molar-refractivity contribution >= 4 is 28.9 Å². The maximum atomic E-state index is 14.0. The normalized spacial score (nSPS) is 19.5. The van der Waals surface area contributed by atoms with Crippen molar-refractivity contribution < 1.29 is 28.5 Å². The highest BCUT2D eigenvalue weighted by Crippen LogP contribution is 2.38. The fourth-order valence-electron chi connectivity index (χ4n) is 5.07. The minimum Gasteiger partial charge on any atom is -0.484 e. The second-order valence-corrected chi connectivity index (χ2v) is 10.7. The lowest BCUT2D eigenvalue weighted by atomic mass is 10.1. The summed E-state index contributed by atoms with van der Waals surface area (Å²) in [5.74, 6) is 0.0603. The lowest BCUT2D eigenvalue weighted by Crippen LogP contribution is -2.40. The number of aromatic carboxylic acids is 1. The van der Waals surface area contributed by atoms with Crippen LogP contribution >= 0.6 is 11.6 Å². The van der Waals surface area contributed by atoms with E-state index in [2.05, 4.69) is 26.3 Å². The number of nitrogens with one attached hydrogen (secondary N) is 1. The molecule has 1 aromatic heterocycles. The van der Waals surface area contributed by atoms with Crippen molar-refractivity contribution in [3.05, 3.63) is 88.7 Å². The lowest BCUT2D eigenvalue weighted by molar-refractivity contribution is -0.0437. The summed E-state index contributed by atoms with van der Waals surface area (Å²) in [5, 5.41) is 13.2. The van der Waals surface area contributed by atoms with E-state index in [0.717, 1.165) is 56.2 Å². The summed E-state index contributed by atoms with van der Waals surface area (Å²) < 4.78 is 31.4. The van der Waals surface area contributed by atoms with E-state index in [1.165, 1.54) is 12.1 Å². The first-order chi connectivity index (χ1) is 19.9. The molecule has 1 atom stereocenters. The minimum atomic E-state index is -0.949. The van der Waals surface area contributed by atoms with Gasteiger partial charge in [0.05, 0.1) is 35.3 Å². The average molecular weight is 581 g/mol. The molecule has 0 amide bonds. The maximum absolute atomic E-state index is 14.0. The molecule has 0 bridgehead atoms. The number of rotatable bonds is 9. The van der Waals surface area contributed by atoms with Crippen molar-refractivity contribution in [3.8, 4) is 11.6 Å². The molecule has 214 valence electrons. The first-order valence-corrected chi connectivity index (χ1v) is 14.0. The zero-order chi connectivity index (χ0) is 28.3. The molecule has 0 spiro atoms. The summed E-state index contributed by atoms with van der Waals surface area (Å²) in [7, 11) is 0. The monoisotopic (exact) mass is 580 g/mol. The molecular formula is C30H30ClFN4O5. The van der Waals surface area contributed by atoms with Gasteiger partial charge in [0.1, 0.15) is 18.5 Å². The average Bonchev–Trinajstić information content (AvgIpc) is 3.27. The van der Waals surface area contributed by atoms with Crippen LogP contribution in [0.2, 0.25) is 5.02 Å². The van der Waals surface area contributed by atoms with Gasteiger partial charge in [-0.1, -0.05) is 17.7 Å². The van der Waals surface area contributed by atoms with Gasteiger partial charge in [0, 0.05) is 49.8 Å². The number of aromatic nitrogens is 1. The van der Waals surface area contributed by atoms with Crippen molar-refractivity contribution in [2.45, 2.75) is 38.1 Å². The number of carboxylic acid groups (broad SMARTS) is 1. The van der Waals surface area contributed by atoms with Crippen LogP contribution in [-0.4, -0.2) is 59.4 Å². The Hall–Kier alpha value is -4.02. The van der Waals surface area contributed by atoms with E-state index in [9.17, 15) is 14.3 Å². The summed E-state index contributed by atoms with van der Waals surface area (Å²) in [6, 6.07) is 14.9.